The third-order valence-corrected chi connectivity index (χ3v) is 3.91. The van der Waals surface area contributed by atoms with Crippen LogP contribution in [-0.4, -0.2) is 37.0 Å². The minimum absolute atomic E-state index is 0.0590. The summed E-state index contributed by atoms with van der Waals surface area (Å²) in [5, 5.41) is 17.8. The quantitative estimate of drug-likeness (QED) is 0.903. The van der Waals surface area contributed by atoms with E-state index < -0.39 is 0 Å². The summed E-state index contributed by atoms with van der Waals surface area (Å²) >= 11 is 0. The van der Waals surface area contributed by atoms with E-state index in [1.165, 1.54) is 0 Å². The molecule has 2 aromatic heterocycles. The molecule has 1 saturated carbocycles. The van der Waals surface area contributed by atoms with Gasteiger partial charge in [-0.1, -0.05) is 12.8 Å². The molecule has 0 saturated heterocycles. The van der Waals surface area contributed by atoms with Gasteiger partial charge in [0.2, 0.25) is 0 Å². The van der Waals surface area contributed by atoms with Crippen molar-refractivity contribution in [3.05, 3.63) is 29.8 Å². The van der Waals surface area contributed by atoms with E-state index in [9.17, 15) is 5.11 Å². The third-order valence-electron chi connectivity index (χ3n) is 3.91. The van der Waals surface area contributed by atoms with Crippen LogP contribution in [0.25, 0.3) is 5.82 Å². The maximum atomic E-state index is 10.0. The highest BCUT2D eigenvalue weighted by atomic mass is 16.3. The second-order valence-corrected chi connectivity index (χ2v) is 5.70. The van der Waals surface area contributed by atoms with Gasteiger partial charge in [-0.2, -0.15) is 5.10 Å². The molecule has 2 heterocycles. The van der Waals surface area contributed by atoms with Crippen LogP contribution in [0.15, 0.2) is 18.5 Å². The lowest BCUT2D eigenvalue weighted by Crippen LogP contribution is -2.36. The highest BCUT2D eigenvalue weighted by Crippen LogP contribution is 2.21. The fraction of sp³-hybridized carbons (Fsp3) is 0.533. The summed E-state index contributed by atoms with van der Waals surface area (Å²) in [6.07, 6.45) is 7.13. The van der Waals surface area contributed by atoms with Gasteiger partial charge in [-0.15, -0.1) is 0 Å². The molecule has 0 aromatic carbocycles. The highest BCUT2D eigenvalue weighted by molar-refractivity contribution is 5.38. The monoisotopic (exact) mass is 287 g/mol. The second kappa shape index (κ2) is 5.81. The first-order valence-corrected chi connectivity index (χ1v) is 7.44. The molecular weight excluding hydrogens is 266 g/mol. The molecule has 6 heteroatoms. The van der Waals surface area contributed by atoms with Crippen LogP contribution in [0, 0.1) is 13.8 Å². The molecule has 0 radical (unpaired) electrons. The standard InChI is InChI=1S/C15H21N5O/c1-10-7-11(2)20(19-10)15-9-16-8-14(18-15)17-12-5-3-4-6-13(12)21/h7-9,12-13,21H,3-6H2,1-2H3,(H,17,18)/t12-,13-/m0/s1. The second-order valence-electron chi connectivity index (χ2n) is 5.70. The number of anilines is 1. The number of aryl methyl sites for hydroxylation is 2. The van der Waals surface area contributed by atoms with Gasteiger partial charge < -0.3 is 10.4 Å². The SMILES string of the molecule is Cc1cc(C)n(-c2cncc(N[C@H]3CCCC[C@@H]3O)n2)n1. The summed E-state index contributed by atoms with van der Waals surface area (Å²) < 4.78 is 1.78. The van der Waals surface area contributed by atoms with Crippen molar-refractivity contribution in [2.45, 2.75) is 51.7 Å². The van der Waals surface area contributed by atoms with Crippen molar-refractivity contribution in [3.63, 3.8) is 0 Å². The van der Waals surface area contributed by atoms with Crippen LogP contribution in [0.5, 0.6) is 0 Å². The minimum Gasteiger partial charge on any atom is -0.391 e. The number of nitrogens with one attached hydrogen (secondary N) is 1. The lowest BCUT2D eigenvalue weighted by atomic mass is 9.93. The van der Waals surface area contributed by atoms with Gasteiger partial charge in [0, 0.05) is 5.69 Å². The Kier molecular flexibility index (Phi) is 3.88. The predicted molar refractivity (Wildman–Crippen MR) is 80.5 cm³/mol. The Morgan fingerprint density at radius 2 is 2.05 bits per heavy atom. The third kappa shape index (κ3) is 3.05. The van der Waals surface area contributed by atoms with Crippen LogP contribution >= 0.6 is 0 Å². The van der Waals surface area contributed by atoms with Gasteiger partial charge in [0.15, 0.2) is 5.82 Å². The van der Waals surface area contributed by atoms with Gasteiger partial charge in [-0.3, -0.25) is 4.98 Å². The Hall–Kier alpha value is -1.95. The molecule has 1 aliphatic carbocycles. The van der Waals surface area contributed by atoms with Gasteiger partial charge in [-0.25, -0.2) is 9.67 Å². The Morgan fingerprint density at radius 1 is 1.24 bits per heavy atom. The molecule has 0 amide bonds. The number of rotatable bonds is 3. The largest absolute Gasteiger partial charge is 0.391 e. The van der Waals surface area contributed by atoms with E-state index in [-0.39, 0.29) is 12.1 Å². The summed E-state index contributed by atoms with van der Waals surface area (Å²) in [5.74, 6) is 1.38. The number of aliphatic hydroxyl groups is 1. The summed E-state index contributed by atoms with van der Waals surface area (Å²) in [6, 6.07) is 2.07. The van der Waals surface area contributed by atoms with Crippen molar-refractivity contribution in [1.82, 2.24) is 19.7 Å². The Balaban J connectivity index is 1.81. The number of nitrogens with zero attached hydrogens (tertiary/aromatic N) is 4. The van der Waals surface area contributed by atoms with Crippen LogP contribution in [0.1, 0.15) is 37.1 Å². The van der Waals surface area contributed by atoms with Crippen LogP contribution in [0.2, 0.25) is 0 Å². The Bertz CT molecular complexity index is 624. The van der Waals surface area contributed by atoms with E-state index in [0.29, 0.717) is 11.6 Å². The number of hydrogen-bond acceptors (Lipinski definition) is 5. The molecule has 3 rings (SSSR count). The smallest absolute Gasteiger partial charge is 0.174 e. The zero-order valence-corrected chi connectivity index (χ0v) is 12.5. The number of aliphatic hydroxyl groups excluding tert-OH is 1. The first-order valence-electron chi connectivity index (χ1n) is 7.44. The highest BCUT2D eigenvalue weighted by Gasteiger charge is 2.23. The van der Waals surface area contributed by atoms with Gasteiger partial charge in [-0.05, 0) is 32.8 Å². The average Bonchev–Trinajstić information content (AvgIpc) is 2.81. The molecular formula is C15H21N5O. The van der Waals surface area contributed by atoms with E-state index >= 15 is 0 Å². The van der Waals surface area contributed by atoms with E-state index in [0.717, 1.165) is 37.1 Å². The number of hydrogen-bond donors (Lipinski definition) is 2. The maximum absolute atomic E-state index is 10.0. The zero-order valence-electron chi connectivity index (χ0n) is 12.5. The Labute approximate surface area is 124 Å². The molecule has 0 aliphatic heterocycles. The van der Waals surface area contributed by atoms with Crippen molar-refractivity contribution in [2.75, 3.05) is 5.32 Å². The first-order chi connectivity index (χ1) is 10.1. The van der Waals surface area contributed by atoms with Gasteiger partial charge in [0.1, 0.15) is 5.82 Å². The van der Waals surface area contributed by atoms with E-state index in [2.05, 4.69) is 20.4 Å². The predicted octanol–water partition coefficient (Wildman–Crippen LogP) is 1.99. The fourth-order valence-corrected chi connectivity index (χ4v) is 2.86. The molecule has 6 nitrogen and oxygen atoms in total. The summed E-state index contributed by atoms with van der Waals surface area (Å²) in [7, 11) is 0. The van der Waals surface area contributed by atoms with E-state index in [1.54, 1.807) is 17.1 Å². The minimum atomic E-state index is -0.308. The van der Waals surface area contributed by atoms with Crippen molar-refractivity contribution in [3.8, 4) is 5.82 Å². The molecule has 1 fully saturated rings. The molecule has 2 atom stereocenters. The fourth-order valence-electron chi connectivity index (χ4n) is 2.86. The molecule has 112 valence electrons. The zero-order chi connectivity index (χ0) is 14.8. The topological polar surface area (TPSA) is 75.9 Å². The van der Waals surface area contributed by atoms with E-state index in [4.69, 9.17) is 0 Å². The molecule has 21 heavy (non-hydrogen) atoms. The molecule has 2 aromatic rings. The van der Waals surface area contributed by atoms with Crippen molar-refractivity contribution >= 4 is 5.82 Å². The van der Waals surface area contributed by atoms with Crippen LogP contribution in [0.4, 0.5) is 5.82 Å². The van der Waals surface area contributed by atoms with Crippen molar-refractivity contribution < 1.29 is 5.11 Å². The molecule has 1 aliphatic rings. The number of aromatic nitrogens is 4. The summed E-state index contributed by atoms with van der Waals surface area (Å²) in [6.45, 7) is 3.95. The summed E-state index contributed by atoms with van der Waals surface area (Å²) in [5.41, 5.74) is 1.98. The van der Waals surface area contributed by atoms with Gasteiger partial charge in [0.05, 0.1) is 30.2 Å². The Morgan fingerprint density at radius 3 is 2.76 bits per heavy atom. The molecule has 0 unspecified atom stereocenters. The molecule has 0 bridgehead atoms. The van der Waals surface area contributed by atoms with Gasteiger partial charge in [0.25, 0.3) is 0 Å². The van der Waals surface area contributed by atoms with Crippen molar-refractivity contribution in [1.29, 1.82) is 0 Å². The lowest BCUT2D eigenvalue weighted by Gasteiger charge is -2.28. The van der Waals surface area contributed by atoms with Crippen LogP contribution < -0.4 is 5.32 Å². The van der Waals surface area contributed by atoms with Crippen LogP contribution in [-0.2, 0) is 0 Å². The van der Waals surface area contributed by atoms with E-state index in [1.807, 2.05) is 19.9 Å². The normalized spacial score (nSPS) is 22.2. The maximum Gasteiger partial charge on any atom is 0.174 e. The molecule has 0 spiro atoms. The van der Waals surface area contributed by atoms with Gasteiger partial charge >= 0.3 is 0 Å². The van der Waals surface area contributed by atoms with Crippen LogP contribution in [0.3, 0.4) is 0 Å². The first kappa shape index (κ1) is 14.0. The van der Waals surface area contributed by atoms with Crippen molar-refractivity contribution in [2.24, 2.45) is 0 Å². The molecule has 2 N–H and O–H groups in total. The summed E-state index contributed by atoms with van der Waals surface area (Å²) in [4.78, 5) is 8.80. The lowest BCUT2D eigenvalue weighted by molar-refractivity contribution is 0.116. The average molecular weight is 287 g/mol.